The van der Waals surface area contributed by atoms with Gasteiger partial charge in [0, 0.05) is 11.1 Å². The minimum absolute atomic E-state index is 0.292. The molecule has 1 aliphatic carbocycles. The van der Waals surface area contributed by atoms with Gasteiger partial charge in [0.1, 0.15) is 5.54 Å². The molecular formula is C14H15N3O2. The molecule has 1 aliphatic rings. The highest BCUT2D eigenvalue weighted by Gasteiger charge is 2.35. The number of carbonyl (C=O) groups excluding carboxylic acids is 2. The molecule has 98 valence electrons. The van der Waals surface area contributed by atoms with Crippen LogP contribution in [0, 0.1) is 11.3 Å². The largest absolute Gasteiger partial charge is 0.366 e. The number of amides is 2. The first kappa shape index (κ1) is 13.1. The van der Waals surface area contributed by atoms with Gasteiger partial charge in [-0.25, -0.2) is 0 Å². The quantitative estimate of drug-likeness (QED) is 0.855. The molecule has 0 spiro atoms. The zero-order chi connectivity index (χ0) is 13.9. The van der Waals surface area contributed by atoms with E-state index in [0.717, 1.165) is 12.8 Å². The van der Waals surface area contributed by atoms with E-state index in [2.05, 4.69) is 11.4 Å². The summed E-state index contributed by atoms with van der Waals surface area (Å²) in [5.74, 6) is -0.823. The fraction of sp³-hybridized carbons (Fsp3) is 0.357. The minimum Gasteiger partial charge on any atom is -0.366 e. The predicted molar refractivity (Wildman–Crippen MR) is 69.2 cm³/mol. The van der Waals surface area contributed by atoms with Crippen molar-refractivity contribution in [2.75, 3.05) is 0 Å². The molecule has 2 rings (SSSR count). The van der Waals surface area contributed by atoms with Crippen LogP contribution < -0.4 is 11.1 Å². The molecule has 19 heavy (non-hydrogen) atoms. The van der Waals surface area contributed by atoms with Gasteiger partial charge in [0.15, 0.2) is 0 Å². The molecule has 2 amide bonds. The average molecular weight is 257 g/mol. The maximum Gasteiger partial charge on any atom is 0.252 e. The molecule has 1 aromatic rings. The Kier molecular flexibility index (Phi) is 3.52. The van der Waals surface area contributed by atoms with Crippen LogP contribution in [0.15, 0.2) is 24.3 Å². The van der Waals surface area contributed by atoms with Crippen molar-refractivity contribution in [3.63, 3.8) is 0 Å². The van der Waals surface area contributed by atoms with E-state index < -0.39 is 11.4 Å². The Balaban J connectivity index is 2.12. The Morgan fingerprint density at radius 2 is 1.68 bits per heavy atom. The highest BCUT2D eigenvalue weighted by atomic mass is 16.2. The molecule has 1 fully saturated rings. The molecule has 1 aromatic carbocycles. The van der Waals surface area contributed by atoms with Crippen LogP contribution in [-0.4, -0.2) is 17.4 Å². The minimum atomic E-state index is -0.737. The van der Waals surface area contributed by atoms with Crippen molar-refractivity contribution < 1.29 is 9.59 Å². The summed E-state index contributed by atoms with van der Waals surface area (Å²) in [5, 5.41) is 12.0. The fourth-order valence-corrected chi connectivity index (χ4v) is 2.32. The van der Waals surface area contributed by atoms with Gasteiger partial charge in [0.05, 0.1) is 6.07 Å². The van der Waals surface area contributed by atoms with E-state index >= 15 is 0 Å². The number of rotatable bonds is 3. The lowest BCUT2D eigenvalue weighted by Gasteiger charge is -2.21. The Bertz CT molecular complexity index is 537. The van der Waals surface area contributed by atoms with Gasteiger partial charge in [-0.05, 0) is 49.9 Å². The first-order valence-electron chi connectivity index (χ1n) is 6.20. The molecule has 0 aromatic heterocycles. The van der Waals surface area contributed by atoms with E-state index in [0.29, 0.717) is 24.0 Å². The van der Waals surface area contributed by atoms with Crippen molar-refractivity contribution >= 4 is 11.8 Å². The van der Waals surface area contributed by atoms with Crippen LogP contribution >= 0.6 is 0 Å². The lowest BCUT2D eigenvalue weighted by atomic mass is 9.99. The van der Waals surface area contributed by atoms with E-state index in [1.807, 2.05) is 0 Å². The molecule has 0 saturated heterocycles. The molecule has 0 unspecified atom stereocenters. The van der Waals surface area contributed by atoms with Gasteiger partial charge in [-0.2, -0.15) is 5.26 Å². The summed E-state index contributed by atoms with van der Waals surface area (Å²) in [4.78, 5) is 23.0. The third kappa shape index (κ3) is 2.74. The van der Waals surface area contributed by atoms with Gasteiger partial charge in [-0.1, -0.05) is 0 Å². The Labute approximate surface area is 111 Å². The zero-order valence-electron chi connectivity index (χ0n) is 10.5. The fourth-order valence-electron chi connectivity index (χ4n) is 2.32. The summed E-state index contributed by atoms with van der Waals surface area (Å²) in [5.41, 5.74) is 5.17. The topological polar surface area (TPSA) is 96.0 Å². The Morgan fingerprint density at radius 3 is 2.16 bits per heavy atom. The van der Waals surface area contributed by atoms with Crippen LogP contribution in [-0.2, 0) is 0 Å². The molecule has 1 saturated carbocycles. The van der Waals surface area contributed by atoms with Gasteiger partial charge >= 0.3 is 0 Å². The maximum atomic E-state index is 12.1. The number of carbonyl (C=O) groups is 2. The summed E-state index contributed by atoms with van der Waals surface area (Å²) >= 11 is 0. The van der Waals surface area contributed by atoms with E-state index in [1.165, 1.54) is 24.3 Å². The molecule has 0 atom stereocenters. The van der Waals surface area contributed by atoms with Crippen molar-refractivity contribution in [1.82, 2.24) is 5.32 Å². The molecule has 5 heteroatoms. The third-order valence-electron chi connectivity index (χ3n) is 3.46. The van der Waals surface area contributed by atoms with Gasteiger partial charge in [-0.3, -0.25) is 9.59 Å². The highest BCUT2D eigenvalue weighted by Crippen LogP contribution is 2.29. The van der Waals surface area contributed by atoms with Crippen molar-refractivity contribution in [2.24, 2.45) is 5.73 Å². The van der Waals surface area contributed by atoms with E-state index in [9.17, 15) is 14.9 Å². The summed E-state index contributed by atoms with van der Waals surface area (Å²) in [6.45, 7) is 0. The lowest BCUT2D eigenvalue weighted by molar-refractivity contribution is 0.0919. The van der Waals surface area contributed by atoms with E-state index in [1.54, 1.807) is 0 Å². The zero-order valence-corrected chi connectivity index (χ0v) is 10.5. The van der Waals surface area contributed by atoms with Gasteiger partial charge < -0.3 is 11.1 Å². The number of nitrogens with zero attached hydrogens (tertiary/aromatic N) is 1. The van der Waals surface area contributed by atoms with Crippen molar-refractivity contribution in [1.29, 1.82) is 5.26 Å². The number of hydrogen-bond donors (Lipinski definition) is 2. The summed E-state index contributed by atoms with van der Waals surface area (Å²) in [6.07, 6.45) is 3.28. The van der Waals surface area contributed by atoms with Crippen LogP contribution in [0.5, 0.6) is 0 Å². The summed E-state index contributed by atoms with van der Waals surface area (Å²) in [7, 11) is 0. The Morgan fingerprint density at radius 1 is 1.16 bits per heavy atom. The first-order valence-corrected chi connectivity index (χ1v) is 6.20. The monoisotopic (exact) mass is 257 g/mol. The van der Waals surface area contributed by atoms with Crippen LogP contribution in [0.25, 0.3) is 0 Å². The smallest absolute Gasteiger partial charge is 0.252 e. The first-order chi connectivity index (χ1) is 9.06. The van der Waals surface area contributed by atoms with Gasteiger partial charge in [-0.15, -0.1) is 0 Å². The molecule has 0 aliphatic heterocycles. The number of hydrogen-bond acceptors (Lipinski definition) is 3. The van der Waals surface area contributed by atoms with Crippen molar-refractivity contribution in [2.45, 2.75) is 31.2 Å². The lowest BCUT2D eigenvalue weighted by Crippen LogP contribution is -2.45. The van der Waals surface area contributed by atoms with Crippen molar-refractivity contribution in [3.05, 3.63) is 35.4 Å². The number of nitrogens with two attached hydrogens (primary N) is 1. The molecular weight excluding hydrogens is 242 g/mol. The standard InChI is InChI=1S/C14H15N3O2/c15-9-14(7-1-2-8-14)17-13(19)11-5-3-10(4-6-11)12(16)18/h3-6H,1-2,7-8H2,(H2,16,18)(H,17,19). The molecule has 5 nitrogen and oxygen atoms in total. The normalized spacial score (nSPS) is 16.6. The van der Waals surface area contributed by atoms with E-state index in [-0.39, 0.29) is 5.91 Å². The highest BCUT2D eigenvalue weighted by molar-refractivity contribution is 5.97. The maximum absolute atomic E-state index is 12.1. The summed E-state index contributed by atoms with van der Waals surface area (Å²) < 4.78 is 0. The number of nitriles is 1. The van der Waals surface area contributed by atoms with Gasteiger partial charge in [0.2, 0.25) is 5.91 Å². The molecule has 0 radical (unpaired) electrons. The number of primary amides is 1. The van der Waals surface area contributed by atoms with Crippen LogP contribution in [0.3, 0.4) is 0 Å². The van der Waals surface area contributed by atoms with E-state index in [4.69, 9.17) is 5.73 Å². The Hall–Kier alpha value is -2.35. The third-order valence-corrected chi connectivity index (χ3v) is 3.46. The second-order valence-electron chi connectivity index (χ2n) is 4.80. The van der Waals surface area contributed by atoms with Crippen LogP contribution in [0.1, 0.15) is 46.4 Å². The molecule has 3 N–H and O–H groups in total. The SMILES string of the molecule is N#CC1(NC(=O)c2ccc(C(N)=O)cc2)CCCC1. The number of nitrogens with one attached hydrogen (secondary N) is 1. The second kappa shape index (κ2) is 5.11. The molecule has 0 heterocycles. The van der Waals surface area contributed by atoms with Crippen LogP contribution in [0.2, 0.25) is 0 Å². The van der Waals surface area contributed by atoms with Crippen molar-refractivity contribution in [3.8, 4) is 6.07 Å². The second-order valence-corrected chi connectivity index (χ2v) is 4.80. The number of benzene rings is 1. The van der Waals surface area contributed by atoms with Crippen LogP contribution in [0.4, 0.5) is 0 Å². The predicted octanol–water partition coefficient (Wildman–Crippen LogP) is 1.35. The summed E-state index contributed by atoms with van der Waals surface area (Å²) in [6, 6.07) is 8.29. The molecule has 0 bridgehead atoms. The average Bonchev–Trinajstić information content (AvgIpc) is 2.88. The van der Waals surface area contributed by atoms with Gasteiger partial charge in [0.25, 0.3) is 5.91 Å².